The van der Waals surface area contributed by atoms with Crippen molar-refractivity contribution in [2.24, 2.45) is 0 Å². The predicted octanol–water partition coefficient (Wildman–Crippen LogP) is 3.36. The van der Waals surface area contributed by atoms with Crippen LogP contribution in [0.3, 0.4) is 0 Å². The lowest BCUT2D eigenvalue weighted by Gasteiger charge is -2.16. The second kappa shape index (κ2) is 6.97. The summed E-state index contributed by atoms with van der Waals surface area (Å²) in [6.07, 6.45) is 2.72. The Morgan fingerprint density at radius 2 is 2.21 bits per heavy atom. The molecule has 124 valence electrons. The largest absolute Gasteiger partial charge is 0.457 e. The van der Waals surface area contributed by atoms with Gasteiger partial charge >= 0.3 is 5.97 Å². The molecule has 1 aliphatic rings. The molecule has 0 spiro atoms. The summed E-state index contributed by atoms with van der Waals surface area (Å²) in [4.78, 5) is 29.4. The van der Waals surface area contributed by atoms with E-state index in [1.165, 1.54) is 23.2 Å². The van der Waals surface area contributed by atoms with Crippen molar-refractivity contribution in [3.05, 3.63) is 58.6 Å². The molecule has 0 radical (unpaired) electrons. The zero-order valence-electron chi connectivity index (χ0n) is 12.7. The third-order valence-electron chi connectivity index (χ3n) is 3.75. The van der Waals surface area contributed by atoms with Gasteiger partial charge in [-0.2, -0.15) is 0 Å². The van der Waals surface area contributed by atoms with Crippen molar-refractivity contribution < 1.29 is 18.7 Å². The molecule has 0 saturated carbocycles. The fourth-order valence-electron chi connectivity index (χ4n) is 2.51. The number of amides is 1. The zero-order chi connectivity index (χ0) is 17.1. The van der Waals surface area contributed by atoms with Crippen LogP contribution in [0.4, 0.5) is 10.1 Å². The third kappa shape index (κ3) is 3.38. The minimum absolute atomic E-state index is 0.0388. The van der Waals surface area contributed by atoms with Crippen molar-refractivity contribution in [2.45, 2.75) is 19.4 Å². The van der Waals surface area contributed by atoms with E-state index in [1.807, 2.05) is 0 Å². The number of carbonyl (C=O) groups excluding carboxylic acids is 2. The van der Waals surface area contributed by atoms with Gasteiger partial charge in [0.2, 0.25) is 5.91 Å². The highest BCUT2D eigenvalue weighted by Gasteiger charge is 2.24. The molecule has 0 aliphatic carbocycles. The Morgan fingerprint density at radius 1 is 1.38 bits per heavy atom. The Kier molecular flexibility index (Phi) is 4.76. The fourth-order valence-corrected chi connectivity index (χ4v) is 2.68. The number of halogens is 2. The smallest absolute Gasteiger partial charge is 0.341 e. The molecule has 0 bridgehead atoms. The predicted molar refractivity (Wildman–Crippen MR) is 86.4 cm³/mol. The Hall–Kier alpha value is -2.47. The van der Waals surface area contributed by atoms with Crippen LogP contribution in [-0.4, -0.2) is 23.4 Å². The first-order valence-electron chi connectivity index (χ1n) is 7.42. The Bertz CT molecular complexity index is 797. The molecule has 24 heavy (non-hydrogen) atoms. The van der Waals surface area contributed by atoms with Crippen LogP contribution in [-0.2, 0) is 16.1 Å². The molecule has 2 aromatic rings. The second-order valence-corrected chi connectivity index (χ2v) is 5.70. The quantitative estimate of drug-likeness (QED) is 0.628. The number of anilines is 1. The van der Waals surface area contributed by atoms with Gasteiger partial charge in [0.25, 0.3) is 0 Å². The first-order valence-corrected chi connectivity index (χ1v) is 7.80. The number of esters is 1. The summed E-state index contributed by atoms with van der Waals surface area (Å²) < 4.78 is 19.1. The van der Waals surface area contributed by atoms with Gasteiger partial charge in [-0.25, -0.2) is 14.2 Å². The van der Waals surface area contributed by atoms with Crippen LogP contribution in [0.15, 0.2) is 36.5 Å². The van der Waals surface area contributed by atoms with Crippen LogP contribution in [0.25, 0.3) is 0 Å². The van der Waals surface area contributed by atoms with Crippen LogP contribution >= 0.6 is 11.6 Å². The highest BCUT2D eigenvalue weighted by molar-refractivity contribution is 6.30. The minimum Gasteiger partial charge on any atom is -0.457 e. The number of rotatable bonds is 4. The first-order chi connectivity index (χ1) is 11.6. The van der Waals surface area contributed by atoms with E-state index in [0.29, 0.717) is 24.2 Å². The van der Waals surface area contributed by atoms with E-state index in [2.05, 4.69) is 4.98 Å². The summed E-state index contributed by atoms with van der Waals surface area (Å²) in [5.41, 5.74) is 0.802. The lowest BCUT2D eigenvalue weighted by Crippen LogP contribution is -2.24. The molecule has 0 unspecified atom stereocenters. The fraction of sp³-hybridized carbons (Fsp3) is 0.235. The molecule has 3 rings (SSSR count). The Morgan fingerprint density at radius 3 is 2.92 bits per heavy atom. The molecule has 1 amide bonds. The van der Waals surface area contributed by atoms with Gasteiger partial charge in [0, 0.05) is 30.4 Å². The monoisotopic (exact) mass is 348 g/mol. The van der Waals surface area contributed by atoms with Crippen LogP contribution in [0.2, 0.25) is 5.15 Å². The summed E-state index contributed by atoms with van der Waals surface area (Å²) in [6, 6.07) is 7.31. The molecular weight excluding hydrogens is 335 g/mol. The molecular formula is C17H14ClFN2O3. The van der Waals surface area contributed by atoms with Gasteiger partial charge in [0.15, 0.2) is 0 Å². The van der Waals surface area contributed by atoms with E-state index in [4.69, 9.17) is 16.3 Å². The maximum atomic E-state index is 14.0. The Labute approximate surface area is 143 Å². The van der Waals surface area contributed by atoms with Gasteiger partial charge in [0.05, 0.1) is 5.56 Å². The number of hydrogen-bond donors (Lipinski definition) is 0. The maximum Gasteiger partial charge on any atom is 0.341 e. The number of ether oxygens (including phenoxy) is 1. The molecule has 7 heteroatoms. The van der Waals surface area contributed by atoms with Crippen LogP contribution in [0.1, 0.15) is 28.8 Å². The number of hydrogen-bond acceptors (Lipinski definition) is 4. The number of nitrogens with zero attached hydrogens (tertiary/aromatic N) is 2. The highest BCUT2D eigenvalue weighted by Crippen LogP contribution is 2.24. The van der Waals surface area contributed by atoms with Gasteiger partial charge in [-0.15, -0.1) is 0 Å². The first kappa shape index (κ1) is 16.4. The molecule has 1 saturated heterocycles. The number of benzene rings is 1. The van der Waals surface area contributed by atoms with Crippen LogP contribution < -0.4 is 4.90 Å². The Balaban J connectivity index is 1.77. The van der Waals surface area contributed by atoms with E-state index in [9.17, 15) is 14.0 Å². The average molecular weight is 349 g/mol. The normalized spacial score (nSPS) is 14.1. The van der Waals surface area contributed by atoms with E-state index >= 15 is 0 Å². The standard InChI is InChI=1S/C17H14ClFN2O3/c18-16-11(3-1-7-20-16)10-24-17(23)13-9-12(5-6-14(13)19)21-8-2-4-15(21)22/h1,3,5-7,9H,2,4,8,10H2. The summed E-state index contributed by atoms with van der Waals surface area (Å²) in [6.45, 7) is 0.446. The van der Waals surface area contributed by atoms with Crippen molar-refractivity contribution in [3.8, 4) is 0 Å². The minimum atomic E-state index is -0.819. The topological polar surface area (TPSA) is 59.5 Å². The van der Waals surface area contributed by atoms with Crippen molar-refractivity contribution in [2.75, 3.05) is 11.4 Å². The molecule has 1 fully saturated rings. The molecule has 1 aliphatic heterocycles. The third-order valence-corrected chi connectivity index (χ3v) is 4.09. The van der Waals surface area contributed by atoms with Gasteiger partial charge < -0.3 is 9.64 Å². The zero-order valence-corrected chi connectivity index (χ0v) is 13.4. The van der Waals surface area contributed by atoms with E-state index in [-0.39, 0.29) is 23.2 Å². The number of aromatic nitrogens is 1. The summed E-state index contributed by atoms with van der Waals surface area (Å²) in [7, 11) is 0. The average Bonchev–Trinajstić information content (AvgIpc) is 3.00. The van der Waals surface area contributed by atoms with Crippen molar-refractivity contribution >= 4 is 29.2 Å². The van der Waals surface area contributed by atoms with Gasteiger partial charge in [0.1, 0.15) is 17.6 Å². The highest BCUT2D eigenvalue weighted by atomic mass is 35.5. The van der Waals surface area contributed by atoms with Crippen molar-refractivity contribution in [1.29, 1.82) is 0 Å². The molecule has 1 aromatic heterocycles. The van der Waals surface area contributed by atoms with Crippen molar-refractivity contribution in [1.82, 2.24) is 4.98 Å². The van der Waals surface area contributed by atoms with Gasteiger partial charge in [-0.1, -0.05) is 17.7 Å². The molecule has 5 nitrogen and oxygen atoms in total. The van der Waals surface area contributed by atoms with Gasteiger partial charge in [-0.05, 0) is 30.7 Å². The summed E-state index contributed by atoms with van der Waals surface area (Å²) >= 11 is 5.89. The lowest BCUT2D eigenvalue weighted by atomic mass is 10.1. The molecule has 2 heterocycles. The maximum absolute atomic E-state index is 14.0. The molecule has 0 N–H and O–H groups in total. The van der Waals surface area contributed by atoms with Crippen LogP contribution in [0, 0.1) is 5.82 Å². The molecule has 1 aromatic carbocycles. The summed E-state index contributed by atoms with van der Waals surface area (Å²) in [5.74, 6) is -1.56. The molecule has 0 atom stereocenters. The number of pyridine rings is 1. The van der Waals surface area contributed by atoms with Gasteiger partial charge in [-0.3, -0.25) is 4.79 Å². The number of carbonyl (C=O) groups is 2. The van der Waals surface area contributed by atoms with E-state index in [1.54, 1.807) is 12.1 Å². The van der Waals surface area contributed by atoms with E-state index < -0.39 is 11.8 Å². The second-order valence-electron chi connectivity index (χ2n) is 5.34. The van der Waals surface area contributed by atoms with Crippen molar-refractivity contribution in [3.63, 3.8) is 0 Å². The summed E-state index contributed by atoms with van der Waals surface area (Å²) in [5, 5.41) is 0.224. The van der Waals surface area contributed by atoms with E-state index in [0.717, 1.165) is 12.5 Å². The lowest BCUT2D eigenvalue weighted by molar-refractivity contribution is -0.117. The SMILES string of the molecule is O=C(OCc1cccnc1Cl)c1cc(N2CCCC2=O)ccc1F. The van der Waals surface area contributed by atoms with Crippen LogP contribution in [0.5, 0.6) is 0 Å².